The van der Waals surface area contributed by atoms with Crippen molar-refractivity contribution in [3.05, 3.63) is 60.2 Å². The highest BCUT2D eigenvalue weighted by atomic mass is 19.1. The van der Waals surface area contributed by atoms with Crippen molar-refractivity contribution >= 4 is 5.69 Å². The van der Waals surface area contributed by atoms with E-state index in [1.54, 1.807) is 0 Å². The van der Waals surface area contributed by atoms with E-state index in [2.05, 4.69) is 4.90 Å². The third kappa shape index (κ3) is 4.90. The number of rotatable bonds is 6. The number of aliphatic hydroxyl groups is 1. The number of piperazine rings is 1. The minimum absolute atomic E-state index is 0.233. The van der Waals surface area contributed by atoms with Crippen LogP contribution >= 0.6 is 0 Å². The molecular weight excluding hydrogens is 326 g/mol. The number of benzene rings is 2. The van der Waals surface area contributed by atoms with Crippen LogP contribution in [0.1, 0.15) is 0 Å². The van der Waals surface area contributed by atoms with Crippen LogP contribution in [0.15, 0.2) is 48.5 Å². The molecule has 0 spiro atoms. The Morgan fingerprint density at radius 2 is 1.72 bits per heavy atom. The number of halogens is 2. The molecule has 3 rings (SSSR count). The van der Waals surface area contributed by atoms with Crippen LogP contribution in [-0.2, 0) is 0 Å². The summed E-state index contributed by atoms with van der Waals surface area (Å²) in [6, 6.07) is 13.0. The maximum absolute atomic E-state index is 13.9. The van der Waals surface area contributed by atoms with Crippen LogP contribution in [0.4, 0.5) is 14.5 Å². The van der Waals surface area contributed by atoms with E-state index in [1.807, 2.05) is 35.2 Å². The summed E-state index contributed by atoms with van der Waals surface area (Å²) in [6.45, 7) is 3.42. The molecule has 0 radical (unpaired) electrons. The molecule has 0 aromatic heterocycles. The molecule has 1 aliphatic rings. The molecule has 4 nitrogen and oxygen atoms in total. The smallest absolute Gasteiger partial charge is 0.149 e. The Hall–Kier alpha value is -2.18. The molecule has 1 N–H and O–H groups in total. The normalized spacial score (nSPS) is 16.7. The first-order valence-electron chi connectivity index (χ1n) is 8.40. The van der Waals surface area contributed by atoms with Gasteiger partial charge >= 0.3 is 0 Å². The number of β-amino-alcohol motifs (C(OH)–C–C–N with tert-alkyl or cyclic N) is 1. The van der Waals surface area contributed by atoms with Crippen molar-refractivity contribution in [2.45, 2.75) is 6.10 Å². The fourth-order valence-electron chi connectivity index (χ4n) is 2.97. The lowest BCUT2D eigenvalue weighted by atomic mass is 10.2. The quantitative estimate of drug-likeness (QED) is 0.870. The highest BCUT2D eigenvalue weighted by Crippen LogP contribution is 2.21. The van der Waals surface area contributed by atoms with E-state index in [1.165, 1.54) is 12.1 Å². The molecule has 0 saturated carbocycles. The molecule has 1 heterocycles. The molecule has 134 valence electrons. The number of hydrogen-bond donors (Lipinski definition) is 1. The van der Waals surface area contributed by atoms with Gasteiger partial charge in [-0.3, -0.25) is 4.90 Å². The lowest BCUT2D eigenvalue weighted by molar-refractivity contribution is 0.0662. The summed E-state index contributed by atoms with van der Waals surface area (Å²) in [5.74, 6) is -0.371. The van der Waals surface area contributed by atoms with E-state index < -0.39 is 17.7 Å². The molecular formula is C19H22F2N2O2. The maximum atomic E-state index is 13.9. The fraction of sp³-hybridized carbons (Fsp3) is 0.368. The number of para-hydroxylation sites is 1. The molecule has 6 heteroatoms. The molecule has 0 aliphatic carbocycles. The van der Waals surface area contributed by atoms with Crippen LogP contribution in [0.25, 0.3) is 0 Å². The van der Waals surface area contributed by atoms with Crippen molar-refractivity contribution in [2.24, 2.45) is 0 Å². The van der Waals surface area contributed by atoms with Crippen molar-refractivity contribution in [2.75, 3.05) is 44.2 Å². The number of aliphatic hydroxyl groups excluding tert-OH is 1. The van der Waals surface area contributed by atoms with Gasteiger partial charge in [-0.25, -0.2) is 8.78 Å². The number of ether oxygens (including phenoxy) is 1. The van der Waals surface area contributed by atoms with Gasteiger partial charge in [-0.15, -0.1) is 0 Å². The summed E-state index contributed by atoms with van der Waals surface area (Å²) >= 11 is 0. The monoisotopic (exact) mass is 348 g/mol. The molecule has 0 unspecified atom stereocenters. The van der Waals surface area contributed by atoms with Crippen molar-refractivity contribution in [1.82, 2.24) is 4.90 Å². The Kier molecular flexibility index (Phi) is 5.83. The second-order valence-corrected chi connectivity index (χ2v) is 6.16. The lowest BCUT2D eigenvalue weighted by Crippen LogP contribution is -2.49. The van der Waals surface area contributed by atoms with E-state index in [-0.39, 0.29) is 6.61 Å². The zero-order chi connectivity index (χ0) is 17.6. The molecule has 0 bridgehead atoms. The zero-order valence-corrected chi connectivity index (χ0v) is 13.9. The SMILES string of the molecule is O[C@H](COc1ccccc1)CN1CCN(c2ccc(F)cc2F)CC1. The molecule has 1 aliphatic heterocycles. The first kappa shape index (κ1) is 17.6. The molecule has 1 fully saturated rings. The van der Waals surface area contributed by atoms with Crippen molar-refractivity contribution < 1.29 is 18.6 Å². The standard InChI is InChI=1S/C19H22F2N2O2/c20-15-6-7-19(18(21)12-15)23-10-8-22(9-11-23)13-16(24)14-25-17-4-2-1-3-5-17/h1-7,12,16,24H,8-11,13-14H2/t16-/m0/s1. The first-order chi connectivity index (χ1) is 12.1. The van der Waals surface area contributed by atoms with Crippen molar-refractivity contribution in [1.29, 1.82) is 0 Å². The van der Waals surface area contributed by atoms with E-state index in [0.29, 0.717) is 38.4 Å². The summed E-state index contributed by atoms with van der Waals surface area (Å²) in [6.07, 6.45) is -0.589. The van der Waals surface area contributed by atoms with Crippen molar-refractivity contribution in [3.63, 3.8) is 0 Å². The Balaban J connectivity index is 1.44. The van der Waals surface area contributed by atoms with Gasteiger partial charge in [-0.2, -0.15) is 0 Å². The minimum Gasteiger partial charge on any atom is -0.491 e. The number of hydrogen-bond acceptors (Lipinski definition) is 4. The number of nitrogens with zero attached hydrogens (tertiary/aromatic N) is 2. The Morgan fingerprint density at radius 3 is 2.40 bits per heavy atom. The molecule has 2 aromatic carbocycles. The summed E-state index contributed by atoms with van der Waals surface area (Å²) in [5, 5.41) is 10.1. The predicted octanol–water partition coefficient (Wildman–Crippen LogP) is 2.53. The molecule has 1 atom stereocenters. The van der Waals surface area contributed by atoms with Gasteiger partial charge in [0.15, 0.2) is 0 Å². The van der Waals surface area contributed by atoms with Gasteiger partial charge < -0.3 is 14.7 Å². The van der Waals surface area contributed by atoms with E-state index in [0.717, 1.165) is 11.8 Å². The zero-order valence-electron chi connectivity index (χ0n) is 13.9. The summed E-state index contributed by atoms with van der Waals surface area (Å²) in [4.78, 5) is 4.02. The van der Waals surface area contributed by atoms with Gasteiger partial charge in [0.05, 0.1) is 5.69 Å². The summed E-state index contributed by atoms with van der Waals surface area (Å²) in [7, 11) is 0. The first-order valence-corrected chi connectivity index (χ1v) is 8.40. The number of anilines is 1. The topological polar surface area (TPSA) is 35.9 Å². The average molecular weight is 348 g/mol. The van der Waals surface area contributed by atoms with E-state index in [9.17, 15) is 13.9 Å². The largest absolute Gasteiger partial charge is 0.491 e. The van der Waals surface area contributed by atoms with E-state index in [4.69, 9.17) is 4.74 Å². The van der Waals surface area contributed by atoms with Gasteiger partial charge in [0.25, 0.3) is 0 Å². The minimum atomic E-state index is -0.589. The average Bonchev–Trinajstić information content (AvgIpc) is 2.62. The van der Waals surface area contributed by atoms with Gasteiger partial charge in [-0.05, 0) is 24.3 Å². The Bertz CT molecular complexity index is 676. The van der Waals surface area contributed by atoms with Crippen LogP contribution in [-0.4, -0.2) is 55.4 Å². The van der Waals surface area contributed by atoms with Crippen LogP contribution < -0.4 is 9.64 Å². The van der Waals surface area contributed by atoms with Crippen LogP contribution in [0.2, 0.25) is 0 Å². The van der Waals surface area contributed by atoms with Gasteiger partial charge in [0.2, 0.25) is 0 Å². The van der Waals surface area contributed by atoms with Gasteiger partial charge in [0.1, 0.15) is 30.1 Å². The summed E-state index contributed by atoms with van der Waals surface area (Å²) in [5.41, 5.74) is 0.425. The van der Waals surface area contributed by atoms with Crippen molar-refractivity contribution in [3.8, 4) is 5.75 Å². The second kappa shape index (κ2) is 8.27. The molecule has 2 aromatic rings. The second-order valence-electron chi connectivity index (χ2n) is 6.16. The van der Waals surface area contributed by atoms with Crippen LogP contribution in [0.5, 0.6) is 5.75 Å². The summed E-state index contributed by atoms with van der Waals surface area (Å²) < 4.78 is 32.4. The lowest BCUT2D eigenvalue weighted by Gasteiger charge is -2.36. The molecule has 25 heavy (non-hydrogen) atoms. The predicted molar refractivity (Wildman–Crippen MR) is 93.0 cm³/mol. The van der Waals surface area contributed by atoms with E-state index >= 15 is 0 Å². The molecule has 0 amide bonds. The highest BCUT2D eigenvalue weighted by molar-refractivity contribution is 5.48. The van der Waals surface area contributed by atoms with Crippen LogP contribution in [0.3, 0.4) is 0 Å². The Labute approximate surface area is 146 Å². The Morgan fingerprint density at radius 1 is 1.00 bits per heavy atom. The third-order valence-corrected chi connectivity index (χ3v) is 4.28. The third-order valence-electron chi connectivity index (χ3n) is 4.28. The van der Waals surface area contributed by atoms with Gasteiger partial charge in [-0.1, -0.05) is 18.2 Å². The van der Waals surface area contributed by atoms with Gasteiger partial charge in [0, 0.05) is 38.8 Å². The highest BCUT2D eigenvalue weighted by Gasteiger charge is 2.21. The van der Waals surface area contributed by atoms with Crippen LogP contribution in [0, 0.1) is 11.6 Å². The molecule has 1 saturated heterocycles. The fourth-order valence-corrected chi connectivity index (χ4v) is 2.97. The maximum Gasteiger partial charge on any atom is 0.149 e.